The molecule has 0 bridgehead atoms. The SMILES string of the molecule is Cn1ccc(CC(CBr)(CBr)Cc2ccccc2)n1. The van der Waals surface area contributed by atoms with Crippen LogP contribution in [0.15, 0.2) is 42.6 Å². The summed E-state index contributed by atoms with van der Waals surface area (Å²) < 4.78 is 1.87. The fraction of sp³-hybridized carbons (Fsp3) is 0.400. The Hall–Kier alpha value is -0.610. The number of hydrogen-bond acceptors (Lipinski definition) is 1. The molecule has 0 saturated heterocycles. The molecule has 0 fully saturated rings. The van der Waals surface area contributed by atoms with E-state index < -0.39 is 0 Å². The van der Waals surface area contributed by atoms with Gasteiger partial charge < -0.3 is 0 Å². The van der Waals surface area contributed by atoms with E-state index in [2.05, 4.69) is 73.4 Å². The zero-order valence-electron chi connectivity index (χ0n) is 11.0. The molecule has 102 valence electrons. The van der Waals surface area contributed by atoms with Crippen LogP contribution in [0.2, 0.25) is 0 Å². The van der Waals surface area contributed by atoms with E-state index in [1.54, 1.807) is 0 Å². The summed E-state index contributed by atoms with van der Waals surface area (Å²) in [5.41, 5.74) is 2.69. The Labute approximate surface area is 131 Å². The van der Waals surface area contributed by atoms with E-state index >= 15 is 0 Å². The minimum absolute atomic E-state index is 0.162. The predicted molar refractivity (Wildman–Crippen MR) is 87.1 cm³/mol. The Morgan fingerprint density at radius 3 is 2.26 bits per heavy atom. The van der Waals surface area contributed by atoms with Crippen LogP contribution < -0.4 is 0 Å². The molecule has 0 spiro atoms. The van der Waals surface area contributed by atoms with Crippen LogP contribution in [0.25, 0.3) is 0 Å². The molecule has 0 N–H and O–H groups in total. The lowest BCUT2D eigenvalue weighted by molar-refractivity contribution is 0.380. The highest BCUT2D eigenvalue weighted by atomic mass is 79.9. The van der Waals surface area contributed by atoms with E-state index in [0.717, 1.165) is 29.2 Å². The van der Waals surface area contributed by atoms with Crippen molar-refractivity contribution in [1.82, 2.24) is 9.78 Å². The standard InChI is InChI=1S/C15H18Br2N2/c1-19-8-7-14(18-19)10-15(11-16,12-17)9-13-5-3-2-4-6-13/h2-8H,9-12H2,1H3. The van der Waals surface area contributed by atoms with Crippen LogP contribution in [0.3, 0.4) is 0 Å². The van der Waals surface area contributed by atoms with Gasteiger partial charge in [-0.3, -0.25) is 4.68 Å². The van der Waals surface area contributed by atoms with Crippen molar-refractivity contribution in [2.45, 2.75) is 12.8 Å². The highest BCUT2D eigenvalue weighted by molar-refractivity contribution is 9.09. The van der Waals surface area contributed by atoms with Crippen molar-refractivity contribution in [3.8, 4) is 0 Å². The summed E-state index contributed by atoms with van der Waals surface area (Å²) in [4.78, 5) is 0. The van der Waals surface area contributed by atoms with Crippen LogP contribution in [0.5, 0.6) is 0 Å². The summed E-state index contributed by atoms with van der Waals surface area (Å²) >= 11 is 7.38. The molecular formula is C15H18Br2N2. The zero-order chi connectivity index (χ0) is 13.7. The number of aryl methyl sites for hydroxylation is 1. The van der Waals surface area contributed by atoms with Gasteiger partial charge in [0.05, 0.1) is 5.69 Å². The van der Waals surface area contributed by atoms with Gasteiger partial charge in [-0.1, -0.05) is 62.2 Å². The first-order chi connectivity index (χ1) is 9.17. The third-order valence-electron chi connectivity index (χ3n) is 3.31. The second-order valence-corrected chi connectivity index (χ2v) is 6.21. The summed E-state index contributed by atoms with van der Waals surface area (Å²) in [6.45, 7) is 0. The average molecular weight is 386 g/mol. The van der Waals surface area contributed by atoms with Crippen molar-refractivity contribution in [3.05, 3.63) is 53.9 Å². The van der Waals surface area contributed by atoms with Crippen LogP contribution in [0.4, 0.5) is 0 Å². The lowest BCUT2D eigenvalue weighted by atomic mass is 9.81. The lowest BCUT2D eigenvalue weighted by Crippen LogP contribution is -2.30. The maximum absolute atomic E-state index is 4.51. The minimum atomic E-state index is 0.162. The highest BCUT2D eigenvalue weighted by Crippen LogP contribution is 2.31. The summed E-state index contributed by atoms with van der Waals surface area (Å²) in [6, 6.07) is 12.8. The quantitative estimate of drug-likeness (QED) is 0.687. The van der Waals surface area contributed by atoms with E-state index in [4.69, 9.17) is 0 Å². The monoisotopic (exact) mass is 384 g/mol. The molecule has 0 amide bonds. The van der Waals surface area contributed by atoms with E-state index in [0.29, 0.717) is 0 Å². The zero-order valence-corrected chi connectivity index (χ0v) is 14.2. The van der Waals surface area contributed by atoms with E-state index in [1.807, 2.05) is 17.9 Å². The van der Waals surface area contributed by atoms with Crippen LogP contribution in [0.1, 0.15) is 11.3 Å². The molecule has 4 heteroatoms. The highest BCUT2D eigenvalue weighted by Gasteiger charge is 2.29. The first-order valence-electron chi connectivity index (χ1n) is 6.32. The molecule has 0 aliphatic carbocycles. The molecule has 1 aromatic carbocycles. The molecule has 2 rings (SSSR count). The van der Waals surface area contributed by atoms with Crippen molar-refractivity contribution >= 4 is 31.9 Å². The average Bonchev–Trinajstić information content (AvgIpc) is 2.84. The van der Waals surface area contributed by atoms with E-state index in [-0.39, 0.29) is 5.41 Å². The van der Waals surface area contributed by atoms with Gasteiger partial charge >= 0.3 is 0 Å². The normalized spacial score (nSPS) is 11.7. The smallest absolute Gasteiger partial charge is 0.0630 e. The number of aromatic nitrogens is 2. The first-order valence-corrected chi connectivity index (χ1v) is 8.56. The summed E-state index contributed by atoms with van der Waals surface area (Å²) in [7, 11) is 1.96. The van der Waals surface area contributed by atoms with Crippen LogP contribution in [0, 0.1) is 5.41 Å². The molecule has 19 heavy (non-hydrogen) atoms. The van der Waals surface area contributed by atoms with Crippen molar-refractivity contribution in [2.75, 3.05) is 10.7 Å². The summed E-state index contributed by atoms with van der Waals surface area (Å²) in [5.74, 6) is 0. The molecule has 0 aliphatic rings. The van der Waals surface area contributed by atoms with Gasteiger partial charge in [-0.05, 0) is 29.9 Å². The molecule has 0 radical (unpaired) electrons. The van der Waals surface area contributed by atoms with Crippen molar-refractivity contribution in [3.63, 3.8) is 0 Å². The molecule has 2 aromatic rings. The van der Waals surface area contributed by atoms with Gasteiger partial charge in [-0.15, -0.1) is 0 Å². The number of benzene rings is 1. The number of rotatable bonds is 6. The number of nitrogens with zero attached hydrogens (tertiary/aromatic N) is 2. The number of hydrogen-bond donors (Lipinski definition) is 0. The molecule has 0 aliphatic heterocycles. The van der Waals surface area contributed by atoms with Crippen molar-refractivity contribution < 1.29 is 0 Å². The van der Waals surface area contributed by atoms with Gasteiger partial charge in [0.25, 0.3) is 0 Å². The fourth-order valence-electron chi connectivity index (χ4n) is 2.26. The number of alkyl halides is 2. The Balaban J connectivity index is 2.17. The summed E-state index contributed by atoms with van der Waals surface area (Å²) in [5, 5.41) is 6.42. The summed E-state index contributed by atoms with van der Waals surface area (Å²) in [6.07, 6.45) is 4.02. The third-order valence-corrected chi connectivity index (χ3v) is 5.69. The molecule has 1 aromatic heterocycles. The van der Waals surface area contributed by atoms with Crippen LogP contribution in [-0.2, 0) is 19.9 Å². The minimum Gasteiger partial charge on any atom is -0.276 e. The Kier molecular flexibility index (Phi) is 5.22. The molecule has 2 nitrogen and oxygen atoms in total. The first kappa shape index (κ1) is 14.8. The van der Waals surface area contributed by atoms with E-state index in [1.165, 1.54) is 5.56 Å². The molecule has 0 saturated carbocycles. The van der Waals surface area contributed by atoms with Crippen molar-refractivity contribution in [1.29, 1.82) is 0 Å². The van der Waals surface area contributed by atoms with Crippen LogP contribution >= 0.6 is 31.9 Å². The van der Waals surface area contributed by atoms with Crippen molar-refractivity contribution in [2.24, 2.45) is 12.5 Å². The number of halogens is 2. The van der Waals surface area contributed by atoms with Gasteiger partial charge in [-0.25, -0.2) is 0 Å². The molecule has 1 heterocycles. The Bertz CT molecular complexity index is 504. The Morgan fingerprint density at radius 2 is 1.74 bits per heavy atom. The molecular weight excluding hydrogens is 368 g/mol. The third kappa shape index (κ3) is 3.93. The second kappa shape index (κ2) is 6.71. The maximum atomic E-state index is 4.51. The fourth-order valence-corrected chi connectivity index (χ4v) is 3.98. The van der Waals surface area contributed by atoms with Crippen LogP contribution in [-0.4, -0.2) is 20.4 Å². The van der Waals surface area contributed by atoms with Gasteiger partial charge in [0.1, 0.15) is 0 Å². The second-order valence-electron chi connectivity index (χ2n) is 5.09. The van der Waals surface area contributed by atoms with Gasteiger partial charge in [0, 0.05) is 23.9 Å². The maximum Gasteiger partial charge on any atom is 0.0630 e. The molecule has 0 unspecified atom stereocenters. The van der Waals surface area contributed by atoms with E-state index in [9.17, 15) is 0 Å². The largest absolute Gasteiger partial charge is 0.276 e. The molecule has 0 atom stereocenters. The van der Waals surface area contributed by atoms with Gasteiger partial charge in [0.15, 0.2) is 0 Å². The van der Waals surface area contributed by atoms with Gasteiger partial charge in [-0.2, -0.15) is 5.10 Å². The Morgan fingerprint density at radius 1 is 1.05 bits per heavy atom. The predicted octanol–water partition coefficient (Wildman–Crippen LogP) is 3.98. The lowest BCUT2D eigenvalue weighted by Gasteiger charge is -2.29. The topological polar surface area (TPSA) is 17.8 Å². The van der Waals surface area contributed by atoms with Gasteiger partial charge in [0.2, 0.25) is 0 Å².